The summed E-state index contributed by atoms with van der Waals surface area (Å²) < 4.78 is 0. The van der Waals surface area contributed by atoms with Crippen LogP contribution in [0.5, 0.6) is 0 Å². The third-order valence-electron chi connectivity index (χ3n) is 7.52. The zero-order valence-electron chi connectivity index (χ0n) is 20.6. The van der Waals surface area contributed by atoms with Gasteiger partial charge in [-0.25, -0.2) is 0 Å². The van der Waals surface area contributed by atoms with Gasteiger partial charge in [-0.05, 0) is 86.0 Å². The van der Waals surface area contributed by atoms with Crippen molar-refractivity contribution in [3.63, 3.8) is 0 Å². The van der Waals surface area contributed by atoms with Gasteiger partial charge in [0.2, 0.25) is 0 Å². The summed E-state index contributed by atoms with van der Waals surface area (Å²) in [5.41, 5.74) is 4.39. The van der Waals surface area contributed by atoms with E-state index >= 15 is 0 Å². The Labute approximate surface area is 219 Å². The predicted octanol–water partition coefficient (Wildman–Crippen LogP) is 3.10. The summed E-state index contributed by atoms with van der Waals surface area (Å²) in [6.45, 7) is 4.73. The van der Waals surface area contributed by atoms with Gasteiger partial charge in [0.05, 0.1) is 11.8 Å². The number of halogens is 1. The Hall–Kier alpha value is -2.45. The van der Waals surface area contributed by atoms with E-state index in [1.54, 1.807) is 0 Å². The van der Waals surface area contributed by atoms with Crippen molar-refractivity contribution in [1.29, 1.82) is 0 Å². The second-order valence-electron chi connectivity index (χ2n) is 10.0. The zero-order valence-corrected chi connectivity index (χ0v) is 21.4. The predicted molar refractivity (Wildman–Crippen MR) is 142 cm³/mol. The van der Waals surface area contributed by atoms with Crippen molar-refractivity contribution in [2.24, 2.45) is 23.7 Å². The van der Waals surface area contributed by atoms with Crippen LogP contribution in [0.4, 0.5) is 0 Å². The molecular weight excluding hydrogens is 478 g/mol. The second-order valence-corrected chi connectivity index (χ2v) is 10.0. The SMILES string of the molecule is Cl.O=C(O)[C@@H](Cc1cccc(CNCc2cccc(C[C@H](C(=O)O)[C@H]3CCNC3)c2)c1)[C@H]1CCNC1. The average Bonchev–Trinajstić information content (AvgIpc) is 3.56. The molecular formula is C28H38ClN3O4. The highest BCUT2D eigenvalue weighted by Gasteiger charge is 2.31. The number of carbonyl (C=O) groups is 2. The summed E-state index contributed by atoms with van der Waals surface area (Å²) in [6, 6.07) is 16.4. The Morgan fingerprint density at radius 1 is 0.778 bits per heavy atom. The molecule has 0 amide bonds. The van der Waals surface area contributed by atoms with Crippen LogP contribution in [0.25, 0.3) is 0 Å². The second kappa shape index (κ2) is 13.7. The lowest BCUT2D eigenvalue weighted by Crippen LogP contribution is -2.27. The third-order valence-corrected chi connectivity index (χ3v) is 7.52. The van der Waals surface area contributed by atoms with Crippen LogP contribution in [0.15, 0.2) is 48.5 Å². The van der Waals surface area contributed by atoms with Gasteiger partial charge >= 0.3 is 11.9 Å². The van der Waals surface area contributed by atoms with Gasteiger partial charge in [-0.15, -0.1) is 12.4 Å². The van der Waals surface area contributed by atoms with Gasteiger partial charge in [-0.1, -0.05) is 48.5 Å². The molecule has 4 atom stereocenters. The molecule has 2 aliphatic heterocycles. The monoisotopic (exact) mass is 515 g/mol. The molecule has 0 unspecified atom stereocenters. The molecule has 2 fully saturated rings. The fourth-order valence-electron chi connectivity index (χ4n) is 5.54. The van der Waals surface area contributed by atoms with Crippen LogP contribution in [0.2, 0.25) is 0 Å². The molecule has 8 heteroatoms. The Morgan fingerprint density at radius 2 is 1.19 bits per heavy atom. The summed E-state index contributed by atoms with van der Waals surface area (Å²) in [5, 5.41) is 29.5. The Morgan fingerprint density at radius 3 is 1.56 bits per heavy atom. The van der Waals surface area contributed by atoms with E-state index in [-0.39, 0.29) is 36.1 Å². The Kier molecular flexibility index (Phi) is 10.7. The van der Waals surface area contributed by atoms with E-state index in [0.717, 1.165) is 61.3 Å². The first kappa shape index (κ1) is 28.1. The molecule has 0 radical (unpaired) electrons. The summed E-state index contributed by atoms with van der Waals surface area (Å²) in [7, 11) is 0. The maximum atomic E-state index is 11.8. The van der Waals surface area contributed by atoms with Gasteiger partial charge in [-0.2, -0.15) is 0 Å². The van der Waals surface area contributed by atoms with Crippen molar-refractivity contribution >= 4 is 24.3 Å². The standard InChI is InChI=1S/C28H37N3O4.ClH/c32-27(33)25(23-7-9-29-17-23)13-19-3-1-5-21(11-19)15-31-16-22-6-2-4-20(12-22)14-26(28(34)35)24-8-10-30-18-24;/h1-6,11-12,23-26,29-31H,7-10,13-18H2,(H,32,33)(H,34,35);1H/t23-,24-,25-,26-;/m0./s1. The fourth-order valence-corrected chi connectivity index (χ4v) is 5.54. The van der Waals surface area contributed by atoms with Crippen LogP contribution in [0, 0.1) is 23.7 Å². The van der Waals surface area contributed by atoms with E-state index in [9.17, 15) is 19.8 Å². The molecule has 0 saturated carbocycles. The number of benzene rings is 2. The van der Waals surface area contributed by atoms with Crippen LogP contribution in [0.3, 0.4) is 0 Å². The first-order chi connectivity index (χ1) is 17.0. The number of hydrogen-bond acceptors (Lipinski definition) is 5. The van der Waals surface area contributed by atoms with E-state index in [1.165, 1.54) is 0 Å². The molecule has 2 aromatic rings. The normalized spacial score (nSPS) is 21.0. The molecule has 0 spiro atoms. The van der Waals surface area contributed by atoms with Gasteiger partial charge in [0.25, 0.3) is 0 Å². The number of hydrogen-bond donors (Lipinski definition) is 5. The van der Waals surface area contributed by atoms with Crippen molar-refractivity contribution < 1.29 is 19.8 Å². The highest BCUT2D eigenvalue weighted by Crippen LogP contribution is 2.25. The minimum Gasteiger partial charge on any atom is -0.481 e. The number of aliphatic carboxylic acids is 2. The van der Waals surface area contributed by atoms with Gasteiger partial charge in [0.1, 0.15) is 0 Å². The van der Waals surface area contributed by atoms with Crippen LogP contribution >= 0.6 is 12.4 Å². The van der Waals surface area contributed by atoms with Crippen LogP contribution in [-0.4, -0.2) is 48.3 Å². The molecule has 36 heavy (non-hydrogen) atoms. The minimum atomic E-state index is -0.712. The first-order valence-electron chi connectivity index (χ1n) is 12.7. The fraction of sp³-hybridized carbons (Fsp3) is 0.500. The molecule has 2 heterocycles. The molecule has 7 nitrogen and oxygen atoms in total. The highest BCUT2D eigenvalue weighted by atomic mass is 35.5. The van der Waals surface area contributed by atoms with E-state index in [4.69, 9.17) is 0 Å². The van der Waals surface area contributed by atoms with E-state index in [0.29, 0.717) is 25.9 Å². The van der Waals surface area contributed by atoms with Gasteiger partial charge < -0.3 is 26.2 Å². The van der Waals surface area contributed by atoms with Gasteiger partial charge in [-0.3, -0.25) is 9.59 Å². The van der Waals surface area contributed by atoms with Gasteiger partial charge in [0.15, 0.2) is 0 Å². The molecule has 196 valence electrons. The van der Waals surface area contributed by atoms with E-state index in [1.807, 2.05) is 24.3 Å². The highest BCUT2D eigenvalue weighted by molar-refractivity contribution is 5.85. The molecule has 5 N–H and O–H groups in total. The van der Waals surface area contributed by atoms with Crippen molar-refractivity contribution in [2.75, 3.05) is 26.2 Å². The molecule has 2 saturated heterocycles. The molecule has 4 rings (SSSR count). The lowest BCUT2D eigenvalue weighted by molar-refractivity contribution is -0.144. The largest absolute Gasteiger partial charge is 0.481 e. The Balaban J connectivity index is 0.00000361. The number of carboxylic acid groups (broad SMARTS) is 2. The van der Waals surface area contributed by atoms with Crippen LogP contribution in [-0.2, 0) is 35.5 Å². The van der Waals surface area contributed by atoms with Gasteiger partial charge in [0, 0.05) is 13.1 Å². The Bertz CT molecular complexity index is 926. The maximum Gasteiger partial charge on any atom is 0.307 e. The molecule has 0 aromatic heterocycles. The van der Waals surface area contributed by atoms with Crippen molar-refractivity contribution in [1.82, 2.24) is 16.0 Å². The summed E-state index contributed by atoms with van der Waals surface area (Å²) in [6.07, 6.45) is 2.95. The molecule has 2 aromatic carbocycles. The average molecular weight is 516 g/mol. The molecule has 2 aliphatic rings. The lowest BCUT2D eigenvalue weighted by atomic mass is 9.86. The van der Waals surface area contributed by atoms with E-state index in [2.05, 4.69) is 40.2 Å². The lowest BCUT2D eigenvalue weighted by Gasteiger charge is -2.19. The summed E-state index contributed by atoms with van der Waals surface area (Å²) in [4.78, 5) is 23.7. The quantitative estimate of drug-likeness (QED) is 0.295. The maximum absolute atomic E-state index is 11.8. The van der Waals surface area contributed by atoms with Crippen molar-refractivity contribution in [3.8, 4) is 0 Å². The van der Waals surface area contributed by atoms with Crippen LogP contribution < -0.4 is 16.0 Å². The summed E-state index contributed by atoms with van der Waals surface area (Å²) in [5.74, 6) is -1.76. The smallest absolute Gasteiger partial charge is 0.307 e. The summed E-state index contributed by atoms with van der Waals surface area (Å²) >= 11 is 0. The van der Waals surface area contributed by atoms with Crippen molar-refractivity contribution in [3.05, 3.63) is 70.8 Å². The van der Waals surface area contributed by atoms with E-state index < -0.39 is 11.9 Å². The zero-order chi connectivity index (χ0) is 24.6. The topological polar surface area (TPSA) is 111 Å². The molecule has 0 aliphatic carbocycles. The number of carboxylic acids is 2. The number of nitrogens with one attached hydrogen (secondary N) is 3. The number of rotatable bonds is 12. The third kappa shape index (κ3) is 7.77. The first-order valence-corrected chi connectivity index (χ1v) is 12.7. The van der Waals surface area contributed by atoms with Crippen molar-refractivity contribution in [2.45, 2.75) is 38.8 Å². The van der Waals surface area contributed by atoms with Crippen LogP contribution in [0.1, 0.15) is 35.1 Å². The molecule has 0 bridgehead atoms. The minimum absolute atomic E-state index is 0.